The Balaban J connectivity index is 1.63. The van der Waals surface area contributed by atoms with Crippen molar-refractivity contribution in [1.29, 1.82) is 0 Å². The Hall–Kier alpha value is -1.36. The van der Waals surface area contributed by atoms with E-state index in [-0.39, 0.29) is 11.3 Å². The average Bonchev–Trinajstić information content (AvgIpc) is 3.04. The van der Waals surface area contributed by atoms with Crippen LogP contribution in [0.25, 0.3) is 0 Å². The number of carbonyl (C=O) groups is 1. The van der Waals surface area contributed by atoms with Crippen molar-refractivity contribution >= 4 is 5.91 Å². The van der Waals surface area contributed by atoms with Gasteiger partial charge in [-0.2, -0.15) is 0 Å². The van der Waals surface area contributed by atoms with Gasteiger partial charge in [-0.3, -0.25) is 4.79 Å². The molecule has 1 saturated carbocycles. The number of hydrogen-bond acceptors (Lipinski definition) is 4. The van der Waals surface area contributed by atoms with Crippen molar-refractivity contribution in [3.05, 3.63) is 17.0 Å². The lowest BCUT2D eigenvalue weighted by atomic mass is 9.71. The van der Waals surface area contributed by atoms with Gasteiger partial charge >= 0.3 is 0 Å². The number of ether oxygens (including phenoxy) is 1. The Labute approximate surface area is 138 Å². The van der Waals surface area contributed by atoms with E-state index in [0.717, 1.165) is 55.7 Å². The molecule has 1 amide bonds. The molecule has 3 rings (SSSR count). The minimum absolute atomic E-state index is 0.220. The van der Waals surface area contributed by atoms with Crippen LogP contribution in [0.15, 0.2) is 4.52 Å². The van der Waals surface area contributed by atoms with Crippen molar-refractivity contribution in [2.45, 2.75) is 71.4 Å². The fourth-order valence-electron chi connectivity index (χ4n) is 4.52. The first kappa shape index (κ1) is 16.5. The van der Waals surface area contributed by atoms with Gasteiger partial charge in [0.15, 0.2) is 0 Å². The number of fused-ring (bicyclic) bond motifs is 1. The Kier molecular flexibility index (Phi) is 4.50. The largest absolute Gasteiger partial charge is 0.381 e. The van der Waals surface area contributed by atoms with Crippen LogP contribution in [0.5, 0.6) is 0 Å². The molecule has 0 aromatic carbocycles. The van der Waals surface area contributed by atoms with Crippen LogP contribution in [0.1, 0.15) is 56.0 Å². The fraction of sp³-hybridized carbons (Fsp3) is 0.778. The summed E-state index contributed by atoms with van der Waals surface area (Å²) in [6, 6.07) is 0.381. The van der Waals surface area contributed by atoms with Crippen LogP contribution < -0.4 is 0 Å². The first-order valence-corrected chi connectivity index (χ1v) is 8.68. The third kappa shape index (κ3) is 3.03. The van der Waals surface area contributed by atoms with E-state index in [0.29, 0.717) is 18.6 Å². The summed E-state index contributed by atoms with van der Waals surface area (Å²) in [6.45, 7) is 7.07. The van der Waals surface area contributed by atoms with Crippen LogP contribution in [0.4, 0.5) is 0 Å². The Morgan fingerprint density at radius 1 is 1.43 bits per heavy atom. The van der Waals surface area contributed by atoms with Crippen molar-refractivity contribution < 1.29 is 14.1 Å². The van der Waals surface area contributed by atoms with E-state index < -0.39 is 0 Å². The zero-order chi connectivity index (χ0) is 16.6. The second-order valence-corrected chi connectivity index (χ2v) is 7.45. The van der Waals surface area contributed by atoms with Crippen LogP contribution in [0.3, 0.4) is 0 Å². The molecule has 1 aromatic heterocycles. The van der Waals surface area contributed by atoms with Crippen LogP contribution in [-0.2, 0) is 16.0 Å². The highest BCUT2D eigenvalue weighted by atomic mass is 16.5. The van der Waals surface area contributed by atoms with Gasteiger partial charge in [0.25, 0.3) is 0 Å². The molecule has 0 N–H and O–H groups in total. The van der Waals surface area contributed by atoms with E-state index in [4.69, 9.17) is 9.26 Å². The molecule has 2 heterocycles. The van der Waals surface area contributed by atoms with Gasteiger partial charge in [0.2, 0.25) is 5.91 Å². The van der Waals surface area contributed by atoms with Crippen LogP contribution in [-0.4, -0.2) is 41.8 Å². The van der Waals surface area contributed by atoms with Gasteiger partial charge in [-0.15, -0.1) is 0 Å². The van der Waals surface area contributed by atoms with Crippen LogP contribution >= 0.6 is 0 Å². The smallest absolute Gasteiger partial charge is 0.223 e. The number of hydrogen-bond donors (Lipinski definition) is 0. The fourth-order valence-corrected chi connectivity index (χ4v) is 4.52. The number of carbonyl (C=O) groups excluding carboxylic acids is 1. The van der Waals surface area contributed by atoms with Gasteiger partial charge in [0.1, 0.15) is 5.76 Å². The van der Waals surface area contributed by atoms with Crippen LogP contribution in [0.2, 0.25) is 0 Å². The molecule has 5 heteroatoms. The lowest BCUT2D eigenvalue weighted by Gasteiger charge is -2.42. The van der Waals surface area contributed by atoms with Crippen molar-refractivity contribution in [3.8, 4) is 0 Å². The van der Waals surface area contributed by atoms with E-state index >= 15 is 0 Å². The summed E-state index contributed by atoms with van der Waals surface area (Å²) in [5.74, 6) is 1.11. The number of aryl methyl sites for hydroxylation is 2. The number of rotatable bonds is 4. The third-order valence-electron chi connectivity index (χ3n) is 5.98. The van der Waals surface area contributed by atoms with Crippen molar-refractivity contribution in [1.82, 2.24) is 10.1 Å². The SMILES string of the molecule is CO[C@@H]1CC[C@H]2N(C(=O)CCc3c(C)noc3C)CC[C@@]2(C)C1. The summed E-state index contributed by atoms with van der Waals surface area (Å²) in [6.07, 6.45) is 5.91. The standard InChI is InChI=1S/C18H28N2O3/c1-12-15(13(2)23-19-12)6-8-17(21)20-10-9-18(3)11-14(22-4)5-7-16(18)20/h14,16H,5-11H2,1-4H3/t14-,16-,18+/m1/s1. The summed E-state index contributed by atoms with van der Waals surface area (Å²) in [7, 11) is 1.80. The Morgan fingerprint density at radius 2 is 2.22 bits per heavy atom. The Bertz CT molecular complexity index is 563. The molecule has 0 radical (unpaired) electrons. The second-order valence-electron chi connectivity index (χ2n) is 7.45. The molecular weight excluding hydrogens is 292 g/mol. The number of aromatic nitrogens is 1. The lowest BCUT2D eigenvalue weighted by Crippen LogP contribution is -2.46. The molecule has 0 spiro atoms. The highest BCUT2D eigenvalue weighted by molar-refractivity contribution is 5.77. The molecule has 0 bridgehead atoms. The topological polar surface area (TPSA) is 55.6 Å². The van der Waals surface area contributed by atoms with E-state index in [2.05, 4.69) is 17.0 Å². The molecule has 2 aliphatic rings. The molecule has 1 aliphatic carbocycles. The van der Waals surface area contributed by atoms with E-state index in [1.54, 1.807) is 7.11 Å². The summed E-state index contributed by atoms with van der Waals surface area (Å²) in [5, 5.41) is 3.97. The predicted octanol–water partition coefficient (Wildman–Crippen LogP) is 3.03. The monoisotopic (exact) mass is 320 g/mol. The first-order chi connectivity index (χ1) is 10.9. The summed E-state index contributed by atoms with van der Waals surface area (Å²) >= 11 is 0. The molecule has 1 aromatic rings. The maximum atomic E-state index is 12.8. The molecule has 2 fully saturated rings. The summed E-state index contributed by atoms with van der Waals surface area (Å²) in [5.41, 5.74) is 2.21. The highest BCUT2D eigenvalue weighted by Crippen LogP contribution is 2.47. The quantitative estimate of drug-likeness (QED) is 0.855. The van der Waals surface area contributed by atoms with E-state index in [1.807, 2.05) is 13.8 Å². The van der Waals surface area contributed by atoms with Gasteiger partial charge in [-0.25, -0.2) is 0 Å². The number of nitrogens with zero attached hydrogens (tertiary/aromatic N) is 2. The number of amides is 1. The molecule has 1 saturated heterocycles. The zero-order valence-corrected chi connectivity index (χ0v) is 14.7. The number of likely N-dealkylation sites (tertiary alicyclic amines) is 1. The molecule has 5 nitrogen and oxygen atoms in total. The van der Waals surface area contributed by atoms with Gasteiger partial charge in [0, 0.05) is 31.7 Å². The zero-order valence-electron chi connectivity index (χ0n) is 14.7. The molecule has 0 unspecified atom stereocenters. The van der Waals surface area contributed by atoms with Gasteiger partial charge < -0.3 is 14.2 Å². The van der Waals surface area contributed by atoms with Crippen molar-refractivity contribution in [2.75, 3.05) is 13.7 Å². The van der Waals surface area contributed by atoms with Crippen molar-refractivity contribution in [3.63, 3.8) is 0 Å². The van der Waals surface area contributed by atoms with Gasteiger partial charge in [-0.05, 0) is 51.4 Å². The van der Waals surface area contributed by atoms with Crippen LogP contribution in [0, 0.1) is 19.3 Å². The van der Waals surface area contributed by atoms with E-state index in [1.165, 1.54) is 0 Å². The first-order valence-electron chi connectivity index (χ1n) is 8.68. The van der Waals surface area contributed by atoms with Crippen molar-refractivity contribution in [2.24, 2.45) is 5.41 Å². The summed E-state index contributed by atoms with van der Waals surface area (Å²) < 4.78 is 10.8. The maximum Gasteiger partial charge on any atom is 0.223 e. The predicted molar refractivity (Wildman–Crippen MR) is 87.2 cm³/mol. The second kappa shape index (κ2) is 6.27. The Morgan fingerprint density at radius 3 is 2.87 bits per heavy atom. The minimum atomic E-state index is 0.220. The highest BCUT2D eigenvalue weighted by Gasteiger charge is 2.49. The van der Waals surface area contributed by atoms with Gasteiger partial charge in [-0.1, -0.05) is 12.1 Å². The molecular formula is C18H28N2O3. The summed E-state index contributed by atoms with van der Waals surface area (Å²) in [4.78, 5) is 14.9. The minimum Gasteiger partial charge on any atom is -0.381 e. The molecule has 23 heavy (non-hydrogen) atoms. The normalized spacial score (nSPS) is 30.5. The van der Waals surface area contributed by atoms with Gasteiger partial charge in [0.05, 0.1) is 11.8 Å². The average molecular weight is 320 g/mol. The lowest BCUT2D eigenvalue weighted by molar-refractivity contribution is -0.134. The molecule has 128 valence electrons. The molecule has 3 atom stereocenters. The molecule has 1 aliphatic heterocycles. The van der Waals surface area contributed by atoms with E-state index in [9.17, 15) is 4.79 Å². The third-order valence-corrected chi connectivity index (χ3v) is 5.98. The maximum absolute atomic E-state index is 12.8. The number of methoxy groups -OCH3 is 1.